The summed E-state index contributed by atoms with van der Waals surface area (Å²) in [6, 6.07) is 4.70. The summed E-state index contributed by atoms with van der Waals surface area (Å²) in [5, 5.41) is 0. The minimum atomic E-state index is -3.42. The molecule has 4 nitrogen and oxygen atoms in total. The molecule has 0 fully saturated rings. The van der Waals surface area contributed by atoms with Crippen molar-refractivity contribution in [2.75, 3.05) is 12.3 Å². The monoisotopic (exact) mass is 254 g/mol. The Morgan fingerprint density at radius 2 is 2.12 bits per heavy atom. The highest BCUT2D eigenvalue weighted by atomic mass is 32.2. The molecule has 1 rings (SSSR count). The van der Waals surface area contributed by atoms with Crippen LogP contribution in [0.2, 0.25) is 0 Å². The molecule has 0 saturated heterocycles. The predicted molar refractivity (Wildman–Crippen MR) is 70.2 cm³/mol. The van der Waals surface area contributed by atoms with Gasteiger partial charge in [0.25, 0.3) is 0 Å². The molecule has 3 N–H and O–H groups in total. The average Bonchev–Trinajstić information content (AvgIpc) is 2.28. The zero-order valence-corrected chi connectivity index (χ0v) is 10.9. The van der Waals surface area contributed by atoms with E-state index in [-0.39, 0.29) is 4.90 Å². The van der Waals surface area contributed by atoms with Crippen LogP contribution in [0.4, 0.5) is 5.69 Å². The van der Waals surface area contributed by atoms with Gasteiger partial charge in [0.15, 0.2) is 0 Å². The van der Waals surface area contributed by atoms with Gasteiger partial charge in [-0.05, 0) is 44.0 Å². The third kappa shape index (κ3) is 3.87. The van der Waals surface area contributed by atoms with Gasteiger partial charge in [-0.25, -0.2) is 13.1 Å². The highest BCUT2D eigenvalue weighted by Crippen LogP contribution is 2.16. The highest BCUT2D eigenvalue weighted by molar-refractivity contribution is 7.89. The molecule has 1 aromatic carbocycles. The van der Waals surface area contributed by atoms with Gasteiger partial charge in [-0.2, -0.15) is 0 Å². The van der Waals surface area contributed by atoms with E-state index in [2.05, 4.69) is 4.72 Å². The van der Waals surface area contributed by atoms with E-state index >= 15 is 0 Å². The van der Waals surface area contributed by atoms with Crippen molar-refractivity contribution in [1.82, 2.24) is 4.72 Å². The molecule has 5 heteroatoms. The second kappa shape index (κ2) is 5.84. The number of nitrogens with one attached hydrogen (secondary N) is 1. The first-order valence-corrected chi connectivity index (χ1v) is 6.92. The average molecular weight is 254 g/mol. The molecule has 0 spiro atoms. The molecule has 0 aromatic heterocycles. The predicted octanol–water partition coefficient (Wildman–Crippen LogP) is 1.82. The maximum Gasteiger partial charge on any atom is 0.240 e. The molecule has 0 unspecified atom stereocenters. The van der Waals surface area contributed by atoms with Crippen LogP contribution >= 0.6 is 0 Å². The number of nitrogens with two attached hydrogens (primary N) is 1. The van der Waals surface area contributed by atoms with Crippen LogP contribution in [-0.2, 0) is 10.0 Å². The van der Waals surface area contributed by atoms with Crippen LogP contribution in [-0.4, -0.2) is 15.0 Å². The number of hydrogen-bond acceptors (Lipinski definition) is 3. The van der Waals surface area contributed by atoms with E-state index in [1.807, 2.05) is 19.1 Å². The van der Waals surface area contributed by atoms with E-state index in [4.69, 9.17) is 5.73 Å². The first-order valence-electron chi connectivity index (χ1n) is 5.44. The summed E-state index contributed by atoms with van der Waals surface area (Å²) >= 11 is 0. The fourth-order valence-electron chi connectivity index (χ4n) is 1.34. The van der Waals surface area contributed by atoms with Gasteiger partial charge in [-0.15, -0.1) is 0 Å². The smallest absolute Gasteiger partial charge is 0.240 e. The van der Waals surface area contributed by atoms with Gasteiger partial charge in [-0.1, -0.05) is 12.2 Å². The van der Waals surface area contributed by atoms with E-state index in [9.17, 15) is 8.42 Å². The standard InChI is InChI=1S/C12H18N2O2S/c1-3-4-5-8-14-17(15,16)11-6-7-12(13)10(2)9-11/h3-4,6-7,9,14H,5,8,13H2,1-2H3/b4-3+. The Bertz CT molecular complexity index is 507. The largest absolute Gasteiger partial charge is 0.399 e. The molecule has 0 radical (unpaired) electrons. The minimum absolute atomic E-state index is 0.254. The van der Waals surface area contributed by atoms with Crippen molar-refractivity contribution in [1.29, 1.82) is 0 Å². The summed E-state index contributed by atoms with van der Waals surface area (Å²) in [6.45, 7) is 4.09. The lowest BCUT2D eigenvalue weighted by molar-refractivity contribution is 0.582. The van der Waals surface area contributed by atoms with E-state index in [1.165, 1.54) is 6.07 Å². The minimum Gasteiger partial charge on any atom is -0.399 e. The lowest BCUT2D eigenvalue weighted by atomic mass is 10.2. The van der Waals surface area contributed by atoms with E-state index in [0.29, 0.717) is 18.7 Å². The molecule has 0 atom stereocenters. The number of anilines is 1. The normalized spacial score (nSPS) is 12.1. The fraction of sp³-hybridized carbons (Fsp3) is 0.333. The summed E-state index contributed by atoms with van der Waals surface area (Å²) in [5.74, 6) is 0. The van der Waals surface area contributed by atoms with E-state index in [1.54, 1.807) is 19.1 Å². The van der Waals surface area contributed by atoms with Gasteiger partial charge >= 0.3 is 0 Å². The van der Waals surface area contributed by atoms with Crippen molar-refractivity contribution >= 4 is 15.7 Å². The highest BCUT2D eigenvalue weighted by Gasteiger charge is 2.13. The maximum absolute atomic E-state index is 11.9. The number of nitrogen functional groups attached to an aromatic ring is 1. The van der Waals surface area contributed by atoms with Crippen LogP contribution in [0.15, 0.2) is 35.2 Å². The van der Waals surface area contributed by atoms with Crippen molar-refractivity contribution in [2.24, 2.45) is 0 Å². The van der Waals surface area contributed by atoms with Gasteiger partial charge in [0, 0.05) is 12.2 Å². The van der Waals surface area contributed by atoms with Crippen LogP contribution in [0.3, 0.4) is 0 Å². The summed E-state index contributed by atoms with van der Waals surface area (Å²) < 4.78 is 26.3. The summed E-state index contributed by atoms with van der Waals surface area (Å²) in [5.41, 5.74) is 7.01. The zero-order valence-electron chi connectivity index (χ0n) is 10.1. The number of hydrogen-bond donors (Lipinski definition) is 2. The third-order valence-electron chi connectivity index (χ3n) is 2.39. The van der Waals surface area contributed by atoms with Crippen LogP contribution in [0.1, 0.15) is 18.9 Å². The van der Waals surface area contributed by atoms with Crippen LogP contribution < -0.4 is 10.5 Å². The second-order valence-electron chi connectivity index (χ2n) is 3.77. The SMILES string of the molecule is C/C=C/CCNS(=O)(=O)c1ccc(N)c(C)c1. The summed E-state index contributed by atoms with van der Waals surface area (Å²) in [4.78, 5) is 0.254. The lowest BCUT2D eigenvalue weighted by Crippen LogP contribution is -2.24. The van der Waals surface area contributed by atoms with Gasteiger partial charge in [0.05, 0.1) is 4.90 Å². The lowest BCUT2D eigenvalue weighted by Gasteiger charge is -2.07. The molecule has 0 aliphatic rings. The molecular formula is C12H18N2O2S. The zero-order chi connectivity index (χ0) is 12.9. The number of aryl methyl sites for hydroxylation is 1. The number of rotatable bonds is 5. The summed E-state index contributed by atoms with van der Waals surface area (Å²) in [6.07, 6.45) is 4.49. The first kappa shape index (κ1) is 13.7. The molecule has 1 aromatic rings. The van der Waals surface area contributed by atoms with Crippen molar-refractivity contribution in [3.63, 3.8) is 0 Å². The molecule has 0 heterocycles. The Balaban J connectivity index is 2.79. The van der Waals surface area contributed by atoms with Crippen molar-refractivity contribution in [2.45, 2.75) is 25.2 Å². The first-order chi connectivity index (χ1) is 7.97. The molecule has 0 amide bonds. The Hall–Kier alpha value is -1.33. The molecule has 0 aliphatic carbocycles. The Morgan fingerprint density at radius 1 is 1.41 bits per heavy atom. The number of benzene rings is 1. The van der Waals surface area contributed by atoms with Crippen LogP contribution in [0.25, 0.3) is 0 Å². The van der Waals surface area contributed by atoms with Crippen molar-refractivity contribution in [3.05, 3.63) is 35.9 Å². The third-order valence-corrected chi connectivity index (χ3v) is 3.85. The molecular weight excluding hydrogens is 236 g/mol. The van der Waals surface area contributed by atoms with Gasteiger partial charge in [-0.3, -0.25) is 0 Å². The topological polar surface area (TPSA) is 72.2 Å². The van der Waals surface area contributed by atoms with Crippen molar-refractivity contribution < 1.29 is 8.42 Å². The molecule has 0 aliphatic heterocycles. The number of sulfonamides is 1. The maximum atomic E-state index is 11.9. The summed E-state index contributed by atoms with van der Waals surface area (Å²) in [7, 11) is -3.42. The molecule has 0 saturated carbocycles. The van der Waals surface area contributed by atoms with Gasteiger partial charge in [0.2, 0.25) is 10.0 Å². The van der Waals surface area contributed by atoms with Crippen LogP contribution in [0, 0.1) is 6.92 Å². The van der Waals surface area contributed by atoms with E-state index in [0.717, 1.165) is 5.56 Å². The van der Waals surface area contributed by atoms with Crippen molar-refractivity contribution in [3.8, 4) is 0 Å². The molecule has 94 valence electrons. The molecule has 17 heavy (non-hydrogen) atoms. The van der Waals surface area contributed by atoms with Gasteiger partial charge in [0.1, 0.15) is 0 Å². The molecule has 0 bridgehead atoms. The van der Waals surface area contributed by atoms with E-state index < -0.39 is 10.0 Å². The quantitative estimate of drug-likeness (QED) is 0.478. The number of allylic oxidation sites excluding steroid dienone is 1. The Kier molecular flexibility index (Phi) is 4.72. The fourth-order valence-corrected chi connectivity index (χ4v) is 2.47. The van der Waals surface area contributed by atoms with Gasteiger partial charge < -0.3 is 5.73 Å². The Morgan fingerprint density at radius 3 is 2.71 bits per heavy atom. The van der Waals surface area contributed by atoms with Crippen LogP contribution in [0.5, 0.6) is 0 Å². The second-order valence-corrected chi connectivity index (χ2v) is 5.54. The Labute approximate surface area is 103 Å².